The number of rotatable bonds is 5. The minimum absolute atomic E-state index is 0.0350. The lowest BCUT2D eigenvalue weighted by Crippen LogP contribution is -2.53. The molecule has 1 saturated heterocycles. The van der Waals surface area contributed by atoms with Crippen LogP contribution in [-0.2, 0) is 9.84 Å². The first-order chi connectivity index (χ1) is 15.7. The molecule has 1 saturated carbocycles. The van der Waals surface area contributed by atoms with E-state index >= 15 is 0 Å². The number of hydrogen-bond acceptors (Lipinski definition) is 7. The number of piperazine rings is 1. The molecular weight excluding hydrogens is 445 g/mol. The van der Waals surface area contributed by atoms with Crippen LogP contribution in [0.4, 0.5) is 16.0 Å². The quantitative estimate of drug-likeness (QED) is 0.710. The fourth-order valence-corrected chi connectivity index (χ4v) is 5.20. The van der Waals surface area contributed by atoms with Crippen molar-refractivity contribution in [2.75, 3.05) is 35.7 Å². The summed E-state index contributed by atoms with van der Waals surface area (Å²) in [7, 11) is -3.47. The first-order valence-electron chi connectivity index (χ1n) is 11.4. The molecule has 4 rings (SSSR count). The minimum atomic E-state index is -3.47. The maximum absolute atomic E-state index is 14.7. The molecule has 0 spiro atoms. The highest BCUT2D eigenvalue weighted by Crippen LogP contribution is 2.26. The van der Waals surface area contributed by atoms with E-state index in [9.17, 15) is 17.6 Å². The number of halogens is 1. The van der Waals surface area contributed by atoms with Gasteiger partial charge in [0.1, 0.15) is 11.5 Å². The molecule has 0 radical (unpaired) electrons. The lowest BCUT2D eigenvalue weighted by Gasteiger charge is -2.41. The molecule has 2 aromatic rings. The number of hydrogen-bond donors (Lipinski definition) is 1. The molecule has 2 aliphatic rings. The minimum Gasteiger partial charge on any atom is -0.365 e. The van der Waals surface area contributed by atoms with Crippen molar-refractivity contribution in [3.63, 3.8) is 0 Å². The highest BCUT2D eigenvalue weighted by Gasteiger charge is 2.28. The summed E-state index contributed by atoms with van der Waals surface area (Å²) in [5.74, 6) is -0.257. The fourth-order valence-electron chi connectivity index (χ4n) is 4.57. The zero-order chi connectivity index (χ0) is 23.6. The molecule has 1 N–H and O–H groups in total. The standard InChI is InChI=1S/C23H30FN5O3S/c1-16-15-28(21-9-8-18(14-19(21)24)33(2,31)32)12-13-29(16)23-25-11-10-20(27-23)22(30)26-17-6-4-3-5-7-17/h8-11,14,16-17H,3-7,12-13,15H2,1-2H3,(H,26,30). The van der Waals surface area contributed by atoms with E-state index in [2.05, 4.69) is 15.3 Å². The molecule has 1 aliphatic heterocycles. The Morgan fingerprint density at radius 2 is 1.91 bits per heavy atom. The van der Waals surface area contributed by atoms with Gasteiger partial charge in [-0.3, -0.25) is 4.79 Å². The van der Waals surface area contributed by atoms with Crippen molar-refractivity contribution in [1.82, 2.24) is 15.3 Å². The summed E-state index contributed by atoms with van der Waals surface area (Å²) in [5.41, 5.74) is 0.720. The molecule has 1 atom stereocenters. The van der Waals surface area contributed by atoms with Crippen LogP contribution in [-0.4, -0.2) is 62.3 Å². The van der Waals surface area contributed by atoms with Crippen molar-refractivity contribution in [3.05, 3.63) is 42.0 Å². The van der Waals surface area contributed by atoms with Crippen LogP contribution in [0.5, 0.6) is 0 Å². The maximum atomic E-state index is 14.7. The van der Waals surface area contributed by atoms with Gasteiger partial charge in [-0.2, -0.15) is 0 Å². The number of nitrogens with one attached hydrogen (secondary N) is 1. The molecule has 178 valence electrons. The second kappa shape index (κ2) is 9.62. The van der Waals surface area contributed by atoms with Crippen molar-refractivity contribution < 1.29 is 17.6 Å². The SMILES string of the molecule is CC1CN(c2ccc(S(C)(=O)=O)cc2F)CCN1c1nccc(C(=O)NC2CCCCC2)n1. The summed E-state index contributed by atoms with van der Waals surface area (Å²) in [6.45, 7) is 3.56. The largest absolute Gasteiger partial charge is 0.365 e. The normalized spacial score (nSPS) is 20.0. The molecule has 1 aromatic heterocycles. The van der Waals surface area contributed by atoms with E-state index in [1.54, 1.807) is 12.3 Å². The van der Waals surface area contributed by atoms with E-state index in [-0.39, 0.29) is 22.9 Å². The Morgan fingerprint density at radius 3 is 2.58 bits per heavy atom. The predicted molar refractivity (Wildman–Crippen MR) is 125 cm³/mol. The van der Waals surface area contributed by atoms with E-state index in [1.807, 2.05) is 16.7 Å². The third kappa shape index (κ3) is 5.43. The molecule has 33 heavy (non-hydrogen) atoms. The Hall–Kier alpha value is -2.75. The van der Waals surface area contributed by atoms with Crippen LogP contribution < -0.4 is 15.1 Å². The van der Waals surface area contributed by atoms with E-state index in [4.69, 9.17) is 0 Å². The number of anilines is 2. The smallest absolute Gasteiger partial charge is 0.270 e. The van der Waals surface area contributed by atoms with Crippen LogP contribution in [0.2, 0.25) is 0 Å². The summed E-state index contributed by atoms with van der Waals surface area (Å²) in [4.78, 5) is 25.4. The number of amides is 1. The molecule has 1 amide bonds. The van der Waals surface area contributed by atoms with Crippen LogP contribution >= 0.6 is 0 Å². The van der Waals surface area contributed by atoms with E-state index < -0.39 is 15.7 Å². The zero-order valence-corrected chi connectivity index (χ0v) is 19.8. The first kappa shape index (κ1) is 23.4. The van der Waals surface area contributed by atoms with Gasteiger partial charge in [-0.05, 0) is 44.0 Å². The van der Waals surface area contributed by atoms with Gasteiger partial charge in [0, 0.05) is 44.2 Å². The Kier molecular flexibility index (Phi) is 6.83. The van der Waals surface area contributed by atoms with Crippen LogP contribution in [0, 0.1) is 5.82 Å². The number of benzene rings is 1. The summed E-state index contributed by atoms with van der Waals surface area (Å²) in [5, 5.41) is 3.09. The lowest BCUT2D eigenvalue weighted by molar-refractivity contribution is 0.0922. The van der Waals surface area contributed by atoms with Crippen LogP contribution in [0.1, 0.15) is 49.5 Å². The third-order valence-corrected chi connectivity index (χ3v) is 7.50. The van der Waals surface area contributed by atoms with Gasteiger partial charge in [0.25, 0.3) is 5.91 Å². The second-order valence-electron chi connectivity index (χ2n) is 8.92. The maximum Gasteiger partial charge on any atom is 0.270 e. The lowest BCUT2D eigenvalue weighted by atomic mass is 9.95. The van der Waals surface area contributed by atoms with Gasteiger partial charge in [-0.15, -0.1) is 0 Å². The molecule has 2 fully saturated rings. The van der Waals surface area contributed by atoms with Crippen molar-refractivity contribution >= 4 is 27.4 Å². The van der Waals surface area contributed by atoms with E-state index in [1.165, 1.54) is 18.6 Å². The molecule has 1 aliphatic carbocycles. The van der Waals surface area contributed by atoms with Crippen LogP contribution in [0.25, 0.3) is 0 Å². The molecule has 1 unspecified atom stereocenters. The molecule has 10 heteroatoms. The summed E-state index contributed by atoms with van der Waals surface area (Å²) >= 11 is 0. The highest BCUT2D eigenvalue weighted by molar-refractivity contribution is 7.90. The van der Waals surface area contributed by atoms with Gasteiger partial charge < -0.3 is 15.1 Å². The van der Waals surface area contributed by atoms with E-state index in [0.29, 0.717) is 37.0 Å². The molecule has 0 bridgehead atoms. The van der Waals surface area contributed by atoms with Crippen molar-refractivity contribution in [1.29, 1.82) is 0 Å². The monoisotopic (exact) mass is 475 g/mol. The van der Waals surface area contributed by atoms with Crippen molar-refractivity contribution in [2.24, 2.45) is 0 Å². The highest BCUT2D eigenvalue weighted by atomic mass is 32.2. The topological polar surface area (TPSA) is 95.5 Å². The number of sulfone groups is 1. The van der Waals surface area contributed by atoms with Crippen molar-refractivity contribution in [3.8, 4) is 0 Å². The average molecular weight is 476 g/mol. The number of carbonyl (C=O) groups is 1. The zero-order valence-electron chi connectivity index (χ0n) is 19.0. The van der Waals surface area contributed by atoms with Gasteiger partial charge in [-0.1, -0.05) is 19.3 Å². The number of carbonyl (C=O) groups excluding carboxylic acids is 1. The third-order valence-electron chi connectivity index (χ3n) is 6.39. The van der Waals surface area contributed by atoms with E-state index in [0.717, 1.165) is 38.0 Å². The van der Waals surface area contributed by atoms with Crippen LogP contribution in [0.3, 0.4) is 0 Å². The van der Waals surface area contributed by atoms with Gasteiger partial charge in [-0.25, -0.2) is 22.8 Å². The first-order valence-corrected chi connectivity index (χ1v) is 13.3. The van der Waals surface area contributed by atoms with Gasteiger partial charge in [0.15, 0.2) is 9.84 Å². The fraction of sp³-hybridized carbons (Fsp3) is 0.522. The Labute approximate surface area is 194 Å². The molecule has 8 nitrogen and oxygen atoms in total. The summed E-state index contributed by atoms with van der Waals surface area (Å²) in [6, 6.07) is 5.81. The van der Waals surface area contributed by atoms with Gasteiger partial charge in [0.2, 0.25) is 5.95 Å². The predicted octanol–water partition coefficient (Wildman–Crippen LogP) is 2.80. The van der Waals surface area contributed by atoms with Gasteiger partial charge >= 0.3 is 0 Å². The Bertz CT molecular complexity index is 1120. The average Bonchev–Trinajstić information content (AvgIpc) is 2.79. The molecular formula is C23H30FN5O3S. The summed E-state index contributed by atoms with van der Waals surface area (Å²) < 4.78 is 38.0. The number of aromatic nitrogens is 2. The molecule has 2 heterocycles. The molecule has 1 aromatic carbocycles. The van der Waals surface area contributed by atoms with Crippen molar-refractivity contribution in [2.45, 2.75) is 56.0 Å². The Morgan fingerprint density at radius 1 is 1.15 bits per heavy atom. The number of nitrogens with zero attached hydrogens (tertiary/aromatic N) is 4. The van der Waals surface area contributed by atoms with Gasteiger partial charge in [0.05, 0.1) is 10.6 Å². The van der Waals surface area contributed by atoms with Crippen LogP contribution in [0.15, 0.2) is 35.4 Å². The summed E-state index contributed by atoms with van der Waals surface area (Å²) in [6.07, 6.45) is 8.17. The second-order valence-corrected chi connectivity index (χ2v) is 10.9. The Balaban J connectivity index is 1.44.